The highest BCUT2D eigenvalue weighted by Crippen LogP contribution is 2.25. The van der Waals surface area contributed by atoms with Crippen LogP contribution in [0.3, 0.4) is 0 Å². The van der Waals surface area contributed by atoms with Gasteiger partial charge in [0.2, 0.25) is 5.91 Å². The number of ether oxygens (including phenoxy) is 1. The van der Waals surface area contributed by atoms with E-state index in [2.05, 4.69) is 19.2 Å². The maximum absolute atomic E-state index is 11.9. The van der Waals surface area contributed by atoms with Gasteiger partial charge in [0, 0.05) is 31.0 Å². The predicted molar refractivity (Wildman–Crippen MR) is 73.1 cm³/mol. The maximum atomic E-state index is 11.9. The average Bonchev–Trinajstić information content (AvgIpc) is 2.35. The lowest BCUT2D eigenvalue weighted by Gasteiger charge is -2.34. The number of carbonyl (C=O) groups excluding carboxylic acids is 1. The zero-order chi connectivity index (χ0) is 13.7. The molecule has 3 N–H and O–H groups in total. The fourth-order valence-corrected chi connectivity index (χ4v) is 2.45. The second-order valence-corrected chi connectivity index (χ2v) is 5.87. The molecule has 0 aromatic heterocycles. The van der Waals surface area contributed by atoms with Crippen LogP contribution in [0.5, 0.6) is 0 Å². The summed E-state index contributed by atoms with van der Waals surface area (Å²) < 4.78 is 5.82. The van der Waals surface area contributed by atoms with Crippen LogP contribution in [-0.4, -0.2) is 31.2 Å². The fourth-order valence-electron chi connectivity index (χ4n) is 2.45. The van der Waals surface area contributed by atoms with E-state index in [0.717, 1.165) is 19.4 Å². The van der Waals surface area contributed by atoms with Gasteiger partial charge in [-0.3, -0.25) is 4.79 Å². The van der Waals surface area contributed by atoms with E-state index in [0.29, 0.717) is 18.4 Å². The molecule has 4 atom stereocenters. The van der Waals surface area contributed by atoms with Crippen molar-refractivity contribution in [1.82, 2.24) is 5.32 Å². The Bertz CT molecular complexity index is 267. The van der Waals surface area contributed by atoms with Gasteiger partial charge in [0.05, 0.1) is 6.10 Å². The molecule has 0 aromatic rings. The number of nitrogens with two attached hydrogens (primary N) is 1. The van der Waals surface area contributed by atoms with Gasteiger partial charge in [0.1, 0.15) is 0 Å². The van der Waals surface area contributed by atoms with Crippen LogP contribution in [0.15, 0.2) is 0 Å². The van der Waals surface area contributed by atoms with Crippen LogP contribution >= 0.6 is 0 Å². The number of rotatable bonds is 5. The molecule has 1 amide bonds. The molecule has 0 radical (unpaired) electrons. The molecule has 1 aliphatic rings. The Morgan fingerprint density at radius 2 is 2.06 bits per heavy atom. The van der Waals surface area contributed by atoms with E-state index in [1.807, 2.05) is 13.8 Å². The molecule has 18 heavy (non-hydrogen) atoms. The van der Waals surface area contributed by atoms with Crippen molar-refractivity contribution >= 4 is 5.91 Å². The second kappa shape index (κ2) is 7.10. The van der Waals surface area contributed by atoms with Crippen molar-refractivity contribution in [2.75, 3.05) is 13.2 Å². The summed E-state index contributed by atoms with van der Waals surface area (Å²) in [7, 11) is 0. The summed E-state index contributed by atoms with van der Waals surface area (Å²) in [5.74, 6) is 0.853. The number of carbonyl (C=O) groups is 1. The molecule has 1 aliphatic heterocycles. The molecule has 0 bridgehead atoms. The smallest absolute Gasteiger partial charge is 0.224 e. The monoisotopic (exact) mass is 256 g/mol. The van der Waals surface area contributed by atoms with Crippen LogP contribution in [0.2, 0.25) is 0 Å². The first-order valence-electron chi connectivity index (χ1n) is 7.08. The summed E-state index contributed by atoms with van der Waals surface area (Å²) in [4.78, 5) is 11.9. The van der Waals surface area contributed by atoms with Gasteiger partial charge < -0.3 is 15.8 Å². The Kier molecular flexibility index (Phi) is 6.09. The lowest BCUT2D eigenvalue weighted by atomic mass is 9.87. The molecule has 4 unspecified atom stereocenters. The van der Waals surface area contributed by atoms with Crippen LogP contribution in [0, 0.1) is 17.8 Å². The first-order valence-corrected chi connectivity index (χ1v) is 7.08. The lowest BCUT2D eigenvalue weighted by molar-refractivity contribution is -0.126. The molecule has 4 heteroatoms. The number of hydrogen-bond donors (Lipinski definition) is 2. The minimum absolute atomic E-state index is 0.0538. The number of nitrogens with one attached hydrogen (secondary N) is 1. The standard InChI is InChI=1S/C14H28N2O2/c1-9(2)13-12(6-5-7-18-13)8-16-14(17)10(3)11(4)15/h9-13H,5-8,15H2,1-4H3,(H,16,17). The predicted octanol–water partition coefficient (Wildman–Crippen LogP) is 1.54. The summed E-state index contributed by atoms with van der Waals surface area (Å²) in [5.41, 5.74) is 5.74. The highest BCUT2D eigenvalue weighted by molar-refractivity contribution is 5.78. The summed E-state index contributed by atoms with van der Waals surface area (Å²) in [6.07, 6.45) is 2.49. The summed E-state index contributed by atoms with van der Waals surface area (Å²) in [5, 5.41) is 3.02. The highest BCUT2D eigenvalue weighted by Gasteiger charge is 2.29. The van der Waals surface area contributed by atoms with E-state index in [9.17, 15) is 4.79 Å². The largest absolute Gasteiger partial charge is 0.378 e. The summed E-state index contributed by atoms with van der Waals surface area (Å²) in [6, 6.07) is -0.103. The third-order valence-corrected chi connectivity index (χ3v) is 3.89. The van der Waals surface area contributed by atoms with Gasteiger partial charge in [0.25, 0.3) is 0 Å². The number of hydrogen-bond acceptors (Lipinski definition) is 3. The van der Waals surface area contributed by atoms with Crippen LogP contribution < -0.4 is 11.1 Å². The fraction of sp³-hybridized carbons (Fsp3) is 0.929. The molecule has 0 saturated carbocycles. The Hall–Kier alpha value is -0.610. The van der Waals surface area contributed by atoms with Gasteiger partial charge >= 0.3 is 0 Å². The van der Waals surface area contributed by atoms with Gasteiger partial charge in [-0.15, -0.1) is 0 Å². The van der Waals surface area contributed by atoms with Crippen molar-refractivity contribution < 1.29 is 9.53 Å². The maximum Gasteiger partial charge on any atom is 0.224 e. The van der Waals surface area contributed by atoms with E-state index < -0.39 is 0 Å². The van der Waals surface area contributed by atoms with Crippen molar-refractivity contribution in [3.8, 4) is 0 Å². The van der Waals surface area contributed by atoms with E-state index in [1.54, 1.807) is 0 Å². The minimum atomic E-state index is -0.132. The summed E-state index contributed by atoms with van der Waals surface area (Å²) >= 11 is 0. The van der Waals surface area contributed by atoms with Crippen LogP contribution in [-0.2, 0) is 9.53 Å². The molecule has 1 fully saturated rings. The molecule has 1 heterocycles. The molecule has 1 rings (SSSR count). The molecule has 4 nitrogen and oxygen atoms in total. The van der Waals surface area contributed by atoms with Crippen LogP contribution in [0.25, 0.3) is 0 Å². The molecule has 106 valence electrons. The molecular formula is C14H28N2O2. The van der Waals surface area contributed by atoms with Gasteiger partial charge in [-0.05, 0) is 25.7 Å². The molecular weight excluding hydrogens is 228 g/mol. The second-order valence-electron chi connectivity index (χ2n) is 5.87. The normalized spacial score (nSPS) is 27.9. The Morgan fingerprint density at radius 1 is 1.39 bits per heavy atom. The van der Waals surface area contributed by atoms with Crippen LogP contribution in [0.4, 0.5) is 0 Å². The first kappa shape index (κ1) is 15.4. The van der Waals surface area contributed by atoms with Gasteiger partial charge in [-0.2, -0.15) is 0 Å². The van der Waals surface area contributed by atoms with Gasteiger partial charge in [0.15, 0.2) is 0 Å². The Labute approximate surface area is 111 Å². The number of amides is 1. The van der Waals surface area contributed by atoms with E-state index in [-0.39, 0.29) is 24.0 Å². The van der Waals surface area contributed by atoms with E-state index in [1.165, 1.54) is 0 Å². The van der Waals surface area contributed by atoms with E-state index >= 15 is 0 Å². The third kappa shape index (κ3) is 4.25. The van der Waals surface area contributed by atoms with Crippen molar-refractivity contribution in [1.29, 1.82) is 0 Å². The Balaban J connectivity index is 2.43. The van der Waals surface area contributed by atoms with E-state index in [4.69, 9.17) is 10.5 Å². The van der Waals surface area contributed by atoms with Crippen molar-refractivity contribution in [3.63, 3.8) is 0 Å². The van der Waals surface area contributed by atoms with Crippen molar-refractivity contribution in [2.24, 2.45) is 23.5 Å². The van der Waals surface area contributed by atoms with Crippen molar-refractivity contribution in [3.05, 3.63) is 0 Å². The zero-order valence-electron chi connectivity index (χ0n) is 12.1. The molecule has 0 aromatic carbocycles. The zero-order valence-corrected chi connectivity index (χ0v) is 12.1. The minimum Gasteiger partial charge on any atom is -0.378 e. The average molecular weight is 256 g/mol. The summed E-state index contributed by atoms with van der Waals surface area (Å²) in [6.45, 7) is 9.65. The molecule has 0 spiro atoms. The highest BCUT2D eigenvalue weighted by atomic mass is 16.5. The Morgan fingerprint density at radius 3 is 2.61 bits per heavy atom. The SMILES string of the molecule is CC(C)C1OCCCC1CNC(=O)C(C)C(C)N. The van der Waals surface area contributed by atoms with Crippen LogP contribution in [0.1, 0.15) is 40.5 Å². The third-order valence-electron chi connectivity index (χ3n) is 3.89. The molecule has 0 aliphatic carbocycles. The quantitative estimate of drug-likeness (QED) is 0.784. The lowest BCUT2D eigenvalue weighted by Crippen LogP contribution is -2.44. The van der Waals surface area contributed by atoms with Crippen molar-refractivity contribution in [2.45, 2.75) is 52.7 Å². The topological polar surface area (TPSA) is 64.3 Å². The molecule has 1 saturated heterocycles. The van der Waals surface area contributed by atoms with Gasteiger partial charge in [-0.1, -0.05) is 20.8 Å². The first-order chi connectivity index (χ1) is 8.43. The van der Waals surface area contributed by atoms with Gasteiger partial charge in [-0.25, -0.2) is 0 Å².